The first kappa shape index (κ1) is 13.7. The molecular formula is C16H21NO2. The zero-order valence-electron chi connectivity index (χ0n) is 11.4. The van der Waals surface area contributed by atoms with Gasteiger partial charge in [-0.3, -0.25) is 4.79 Å². The molecule has 0 heterocycles. The predicted molar refractivity (Wildman–Crippen MR) is 76.4 cm³/mol. The van der Waals surface area contributed by atoms with E-state index in [0.29, 0.717) is 29.9 Å². The number of ether oxygens (including phenoxy) is 1. The number of hydrogen-bond donors (Lipinski definition) is 1. The van der Waals surface area contributed by atoms with Crippen molar-refractivity contribution in [2.45, 2.75) is 32.2 Å². The molecule has 1 N–H and O–H groups in total. The maximum Gasteiger partial charge on any atom is 0.255 e. The van der Waals surface area contributed by atoms with E-state index in [-0.39, 0.29) is 5.91 Å². The molecule has 0 saturated heterocycles. The van der Waals surface area contributed by atoms with Crippen LogP contribution in [0.25, 0.3) is 0 Å². The summed E-state index contributed by atoms with van der Waals surface area (Å²) in [5.41, 5.74) is 0.601. The van der Waals surface area contributed by atoms with Gasteiger partial charge >= 0.3 is 0 Å². The van der Waals surface area contributed by atoms with Crippen LogP contribution in [0.15, 0.2) is 36.9 Å². The van der Waals surface area contributed by atoms with Crippen LogP contribution >= 0.6 is 0 Å². The van der Waals surface area contributed by atoms with Crippen LogP contribution in [-0.2, 0) is 0 Å². The molecule has 3 heteroatoms. The molecule has 1 fully saturated rings. The van der Waals surface area contributed by atoms with Crippen molar-refractivity contribution < 1.29 is 9.53 Å². The van der Waals surface area contributed by atoms with E-state index in [4.69, 9.17) is 4.74 Å². The lowest BCUT2D eigenvalue weighted by atomic mass is 10.1. The van der Waals surface area contributed by atoms with Gasteiger partial charge in [0.25, 0.3) is 5.91 Å². The minimum absolute atomic E-state index is 0.0428. The van der Waals surface area contributed by atoms with Gasteiger partial charge in [-0.05, 0) is 37.3 Å². The van der Waals surface area contributed by atoms with Crippen LogP contribution in [0.2, 0.25) is 0 Å². The average Bonchev–Trinajstić information content (AvgIpc) is 2.82. The first-order valence-electron chi connectivity index (χ1n) is 6.84. The fraction of sp³-hybridized carbons (Fsp3) is 0.438. The summed E-state index contributed by atoms with van der Waals surface area (Å²) in [6, 6.07) is 7.64. The molecule has 1 aliphatic carbocycles. The summed E-state index contributed by atoms with van der Waals surface area (Å²) in [5, 5.41) is 3.10. The zero-order valence-corrected chi connectivity index (χ0v) is 11.4. The van der Waals surface area contributed by atoms with Crippen LogP contribution in [-0.4, -0.2) is 18.6 Å². The lowest BCUT2D eigenvalue weighted by molar-refractivity contribution is 0.0933. The van der Waals surface area contributed by atoms with Crippen LogP contribution in [0, 0.1) is 5.92 Å². The zero-order chi connectivity index (χ0) is 13.7. The highest BCUT2D eigenvalue weighted by atomic mass is 16.5. The summed E-state index contributed by atoms with van der Waals surface area (Å²) in [5.74, 6) is 1.28. The smallest absolute Gasteiger partial charge is 0.255 e. The highest BCUT2D eigenvalue weighted by Gasteiger charge is 2.24. The molecule has 102 valence electrons. The minimum Gasteiger partial charge on any atom is -0.489 e. The van der Waals surface area contributed by atoms with E-state index < -0.39 is 0 Å². The normalized spacial score (nSPS) is 21.9. The van der Waals surface area contributed by atoms with E-state index in [1.54, 1.807) is 12.1 Å². The standard InChI is InChI=1S/C16H21NO2/c1-3-10-19-15-7-5-4-6-14(15)16(18)17-13-9-8-12(2)11-13/h3-7,12-13H,1,8-11H2,2H3,(H,17,18). The summed E-state index contributed by atoms with van der Waals surface area (Å²) >= 11 is 0. The third-order valence-corrected chi connectivity index (χ3v) is 3.52. The average molecular weight is 259 g/mol. The Morgan fingerprint density at radius 1 is 1.47 bits per heavy atom. The van der Waals surface area contributed by atoms with Crippen molar-refractivity contribution in [3.8, 4) is 5.75 Å². The molecule has 0 aromatic heterocycles. The van der Waals surface area contributed by atoms with Crippen LogP contribution in [0.5, 0.6) is 5.75 Å². The Kier molecular flexibility index (Phi) is 4.61. The van der Waals surface area contributed by atoms with Gasteiger partial charge in [0.1, 0.15) is 12.4 Å². The van der Waals surface area contributed by atoms with Crippen molar-refractivity contribution in [1.29, 1.82) is 0 Å². The topological polar surface area (TPSA) is 38.3 Å². The van der Waals surface area contributed by atoms with Crippen molar-refractivity contribution in [1.82, 2.24) is 5.32 Å². The summed E-state index contributed by atoms with van der Waals surface area (Å²) in [6.07, 6.45) is 5.01. The van der Waals surface area contributed by atoms with Gasteiger partial charge in [0.2, 0.25) is 0 Å². The van der Waals surface area contributed by atoms with Crippen LogP contribution < -0.4 is 10.1 Å². The van der Waals surface area contributed by atoms with Gasteiger partial charge in [-0.25, -0.2) is 0 Å². The molecule has 2 rings (SSSR count). The second-order valence-electron chi connectivity index (χ2n) is 5.18. The Morgan fingerprint density at radius 3 is 2.95 bits per heavy atom. The van der Waals surface area contributed by atoms with Crippen molar-refractivity contribution in [2.24, 2.45) is 5.92 Å². The van der Waals surface area contributed by atoms with Crippen molar-refractivity contribution in [3.63, 3.8) is 0 Å². The summed E-state index contributed by atoms with van der Waals surface area (Å²) in [7, 11) is 0. The number of rotatable bonds is 5. The third kappa shape index (κ3) is 3.60. The second-order valence-corrected chi connectivity index (χ2v) is 5.18. The lowest BCUT2D eigenvalue weighted by Crippen LogP contribution is -2.33. The first-order chi connectivity index (χ1) is 9.20. The number of amides is 1. The number of para-hydroxylation sites is 1. The third-order valence-electron chi connectivity index (χ3n) is 3.52. The van der Waals surface area contributed by atoms with Crippen molar-refractivity contribution in [2.75, 3.05) is 6.61 Å². The highest BCUT2D eigenvalue weighted by molar-refractivity contribution is 5.97. The highest BCUT2D eigenvalue weighted by Crippen LogP contribution is 2.25. The van der Waals surface area contributed by atoms with Crippen LogP contribution in [0.4, 0.5) is 0 Å². The van der Waals surface area contributed by atoms with Gasteiger partial charge in [-0.15, -0.1) is 0 Å². The maximum absolute atomic E-state index is 12.3. The number of nitrogens with one attached hydrogen (secondary N) is 1. The monoisotopic (exact) mass is 259 g/mol. The van der Waals surface area contributed by atoms with Crippen molar-refractivity contribution >= 4 is 5.91 Å². The van der Waals surface area contributed by atoms with E-state index in [0.717, 1.165) is 12.8 Å². The minimum atomic E-state index is -0.0428. The molecule has 1 aliphatic rings. The molecular weight excluding hydrogens is 238 g/mol. The van der Waals surface area contributed by atoms with Gasteiger partial charge in [0, 0.05) is 6.04 Å². The molecule has 1 amide bonds. The molecule has 0 aliphatic heterocycles. The number of hydrogen-bond acceptors (Lipinski definition) is 2. The Balaban J connectivity index is 2.03. The molecule has 2 unspecified atom stereocenters. The van der Waals surface area contributed by atoms with Crippen LogP contribution in [0.1, 0.15) is 36.5 Å². The fourth-order valence-electron chi connectivity index (χ4n) is 2.53. The number of carbonyl (C=O) groups excluding carboxylic acids is 1. The van der Waals surface area contributed by atoms with Gasteiger partial charge in [0.15, 0.2) is 0 Å². The predicted octanol–water partition coefficient (Wildman–Crippen LogP) is 3.17. The summed E-state index contributed by atoms with van der Waals surface area (Å²) in [4.78, 5) is 12.3. The summed E-state index contributed by atoms with van der Waals surface area (Å²) < 4.78 is 5.51. The van der Waals surface area contributed by atoms with Gasteiger partial charge < -0.3 is 10.1 Å². The molecule has 1 aromatic carbocycles. The summed E-state index contributed by atoms with van der Waals surface area (Å²) in [6.45, 7) is 6.25. The molecule has 1 saturated carbocycles. The van der Waals surface area contributed by atoms with E-state index in [1.807, 2.05) is 18.2 Å². The van der Waals surface area contributed by atoms with E-state index >= 15 is 0 Å². The first-order valence-corrected chi connectivity index (χ1v) is 6.84. The van der Waals surface area contributed by atoms with E-state index in [1.165, 1.54) is 6.42 Å². The Bertz CT molecular complexity index is 456. The van der Waals surface area contributed by atoms with E-state index in [9.17, 15) is 4.79 Å². The van der Waals surface area contributed by atoms with E-state index in [2.05, 4.69) is 18.8 Å². The molecule has 0 radical (unpaired) electrons. The molecule has 0 bridgehead atoms. The lowest BCUT2D eigenvalue weighted by Gasteiger charge is -2.14. The number of carbonyl (C=O) groups is 1. The molecule has 2 atom stereocenters. The second kappa shape index (κ2) is 6.41. The van der Waals surface area contributed by atoms with Crippen molar-refractivity contribution in [3.05, 3.63) is 42.5 Å². The molecule has 1 aromatic rings. The van der Waals surface area contributed by atoms with Gasteiger partial charge in [0.05, 0.1) is 5.56 Å². The Hall–Kier alpha value is -1.77. The van der Waals surface area contributed by atoms with Crippen LogP contribution in [0.3, 0.4) is 0 Å². The SMILES string of the molecule is C=CCOc1ccccc1C(=O)NC1CCC(C)C1. The quantitative estimate of drug-likeness (QED) is 0.825. The van der Waals surface area contributed by atoms with Gasteiger partial charge in [-0.2, -0.15) is 0 Å². The molecule has 19 heavy (non-hydrogen) atoms. The Labute approximate surface area is 114 Å². The fourth-order valence-corrected chi connectivity index (χ4v) is 2.53. The molecule has 3 nitrogen and oxygen atoms in total. The number of benzene rings is 1. The Morgan fingerprint density at radius 2 is 2.26 bits per heavy atom. The van der Waals surface area contributed by atoms with Gasteiger partial charge in [-0.1, -0.05) is 31.7 Å². The largest absolute Gasteiger partial charge is 0.489 e. The molecule has 0 spiro atoms. The maximum atomic E-state index is 12.3.